The molecule has 2 aromatic rings. The number of rotatable bonds is 7. The number of esters is 1. The highest BCUT2D eigenvalue weighted by molar-refractivity contribution is 6.07. The maximum Gasteiger partial charge on any atom is 0.340 e. The van der Waals surface area contributed by atoms with Crippen molar-refractivity contribution in [2.45, 2.75) is 25.9 Å². The number of carbonyl (C=O) groups is 2. The molecule has 1 amide bonds. The highest BCUT2D eigenvalue weighted by Crippen LogP contribution is 2.18. The lowest BCUT2D eigenvalue weighted by Gasteiger charge is -2.12. The van der Waals surface area contributed by atoms with Crippen molar-refractivity contribution < 1.29 is 19.1 Å². The van der Waals surface area contributed by atoms with E-state index in [1.54, 1.807) is 37.3 Å². The monoisotopic (exact) mass is 370 g/mol. The number of nitrogens with one attached hydrogen (secondary N) is 2. The largest absolute Gasteiger partial charge is 0.462 e. The lowest BCUT2D eigenvalue weighted by molar-refractivity contribution is 0.0527. The zero-order chi connectivity index (χ0) is 19.1. The fraction of sp³-hybridized carbons (Fsp3) is 0.368. The quantitative estimate of drug-likeness (QED) is 0.722. The van der Waals surface area contributed by atoms with E-state index in [4.69, 9.17) is 9.47 Å². The highest BCUT2D eigenvalue weighted by atomic mass is 16.5. The van der Waals surface area contributed by atoms with Gasteiger partial charge >= 0.3 is 5.97 Å². The number of hydrogen-bond donors (Lipinski definition) is 2. The van der Waals surface area contributed by atoms with E-state index >= 15 is 0 Å². The molecule has 0 aliphatic carbocycles. The molecule has 3 rings (SSSR count). The third kappa shape index (κ3) is 5.01. The van der Waals surface area contributed by atoms with Crippen molar-refractivity contribution in [3.8, 4) is 0 Å². The van der Waals surface area contributed by atoms with Gasteiger partial charge in [-0.3, -0.25) is 4.79 Å². The van der Waals surface area contributed by atoms with Gasteiger partial charge in [0.05, 0.1) is 24.0 Å². The third-order valence-electron chi connectivity index (χ3n) is 4.11. The molecule has 1 fully saturated rings. The summed E-state index contributed by atoms with van der Waals surface area (Å²) < 4.78 is 10.6. The number of amides is 1. The first-order valence-electron chi connectivity index (χ1n) is 8.92. The van der Waals surface area contributed by atoms with Crippen LogP contribution < -0.4 is 10.6 Å². The van der Waals surface area contributed by atoms with Crippen molar-refractivity contribution in [2.75, 3.05) is 30.4 Å². The van der Waals surface area contributed by atoms with Crippen molar-refractivity contribution in [1.29, 1.82) is 0 Å². The Bertz CT molecular complexity index is 806. The van der Waals surface area contributed by atoms with Crippen molar-refractivity contribution in [3.05, 3.63) is 47.9 Å². The Morgan fingerprint density at radius 2 is 2.15 bits per heavy atom. The topological polar surface area (TPSA) is 102 Å². The zero-order valence-corrected chi connectivity index (χ0v) is 15.1. The predicted octanol–water partition coefficient (Wildman–Crippen LogP) is 2.50. The average Bonchev–Trinajstić information content (AvgIpc) is 3.21. The lowest BCUT2D eigenvalue weighted by atomic mass is 10.1. The highest BCUT2D eigenvalue weighted by Gasteiger charge is 2.17. The van der Waals surface area contributed by atoms with E-state index in [1.807, 2.05) is 0 Å². The summed E-state index contributed by atoms with van der Waals surface area (Å²) in [5.41, 5.74) is 0.852. The molecule has 2 N–H and O–H groups in total. The predicted molar refractivity (Wildman–Crippen MR) is 99.8 cm³/mol. The summed E-state index contributed by atoms with van der Waals surface area (Å²) >= 11 is 0. The fourth-order valence-electron chi connectivity index (χ4n) is 2.77. The van der Waals surface area contributed by atoms with Crippen molar-refractivity contribution in [3.63, 3.8) is 0 Å². The first-order chi connectivity index (χ1) is 13.2. The molecule has 27 heavy (non-hydrogen) atoms. The molecule has 0 saturated carbocycles. The molecule has 1 aliphatic heterocycles. The van der Waals surface area contributed by atoms with Gasteiger partial charge in [0.1, 0.15) is 17.8 Å². The minimum Gasteiger partial charge on any atom is -0.462 e. The van der Waals surface area contributed by atoms with E-state index in [2.05, 4.69) is 20.6 Å². The molecular formula is C19H22N4O4. The fourth-order valence-corrected chi connectivity index (χ4v) is 2.77. The van der Waals surface area contributed by atoms with Crippen LogP contribution in [0.3, 0.4) is 0 Å². The van der Waals surface area contributed by atoms with Crippen LogP contribution in [0.25, 0.3) is 0 Å². The molecule has 8 heteroatoms. The van der Waals surface area contributed by atoms with Crippen molar-refractivity contribution in [2.24, 2.45) is 0 Å². The van der Waals surface area contributed by atoms with Crippen LogP contribution in [0.4, 0.5) is 11.5 Å². The summed E-state index contributed by atoms with van der Waals surface area (Å²) in [6, 6.07) is 8.24. The second-order valence-corrected chi connectivity index (χ2v) is 6.02. The van der Waals surface area contributed by atoms with E-state index in [9.17, 15) is 9.59 Å². The number of hydrogen-bond acceptors (Lipinski definition) is 7. The number of para-hydroxylation sites is 1. The smallest absolute Gasteiger partial charge is 0.340 e. The number of benzene rings is 1. The maximum absolute atomic E-state index is 12.6. The van der Waals surface area contributed by atoms with Gasteiger partial charge in [-0.05, 0) is 31.9 Å². The summed E-state index contributed by atoms with van der Waals surface area (Å²) in [4.78, 5) is 32.7. The van der Waals surface area contributed by atoms with Gasteiger partial charge in [-0.15, -0.1) is 0 Å². The van der Waals surface area contributed by atoms with Gasteiger partial charge in [-0.2, -0.15) is 0 Å². The number of anilines is 2. The van der Waals surface area contributed by atoms with Crippen molar-refractivity contribution >= 4 is 23.4 Å². The molecular weight excluding hydrogens is 348 g/mol. The minimum atomic E-state index is -0.491. The Hall–Kier alpha value is -3.00. The summed E-state index contributed by atoms with van der Waals surface area (Å²) in [7, 11) is 0. The Balaban J connectivity index is 1.67. The van der Waals surface area contributed by atoms with E-state index in [1.165, 1.54) is 6.33 Å². The van der Waals surface area contributed by atoms with Gasteiger partial charge in [0.25, 0.3) is 5.91 Å². The van der Waals surface area contributed by atoms with Crippen molar-refractivity contribution in [1.82, 2.24) is 9.97 Å². The summed E-state index contributed by atoms with van der Waals surface area (Å²) in [6.07, 6.45) is 3.55. The summed E-state index contributed by atoms with van der Waals surface area (Å²) in [5, 5.41) is 5.87. The Morgan fingerprint density at radius 3 is 2.93 bits per heavy atom. The van der Waals surface area contributed by atoms with E-state index in [-0.39, 0.29) is 18.4 Å². The second kappa shape index (κ2) is 9.09. The molecule has 0 radical (unpaired) electrons. The van der Waals surface area contributed by atoms with Gasteiger partial charge < -0.3 is 20.1 Å². The van der Waals surface area contributed by atoms with Gasteiger partial charge in [-0.25, -0.2) is 14.8 Å². The summed E-state index contributed by atoms with van der Waals surface area (Å²) in [6.45, 7) is 3.39. The minimum absolute atomic E-state index is 0.161. The summed E-state index contributed by atoms with van der Waals surface area (Å²) in [5.74, 6) is -0.381. The lowest BCUT2D eigenvalue weighted by Crippen LogP contribution is -2.20. The van der Waals surface area contributed by atoms with Crippen LogP contribution in [0, 0.1) is 0 Å². The average molecular weight is 370 g/mol. The SMILES string of the molecule is CCOC(=O)c1ccccc1NC(=O)c1cc(NCC2CCCO2)ncn1. The third-order valence-corrected chi connectivity index (χ3v) is 4.11. The van der Waals surface area contributed by atoms with Crippen LogP contribution in [-0.4, -0.2) is 47.7 Å². The van der Waals surface area contributed by atoms with Gasteiger partial charge in [-0.1, -0.05) is 12.1 Å². The number of aromatic nitrogens is 2. The van der Waals surface area contributed by atoms with Crippen LogP contribution in [0.15, 0.2) is 36.7 Å². The first-order valence-corrected chi connectivity index (χ1v) is 8.92. The second-order valence-electron chi connectivity index (χ2n) is 6.02. The molecule has 1 aliphatic rings. The van der Waals surface area contributed by atoms with E-state index < -0.39 is 11.9 Å². The molecule has 1 unspecified atom stereocenters. The Morgan fingerprint density at radius 1 is 1.30 bits per heavy atom. The number of nitrogens with zero attached hydrogens (tertiary/aromatic N) is 2. The Labute approximate surface area is 157 Å². The maximum atomic E-state index is 12.6. The molecule has 8 nitrogen and oxygen atoms in total. The molecule has 1 aromatic heterocycles. The van der Waals surface area contributed by atoms with Crippen LogP contribution >= 0.6 is 0 Å². The zero-order valence-electron chi connectivity index (χ0n) is 15.1. The molecule has 2 heterocycles. The van der Waals surface area contributed by atoms with Gasteiger partial charge in [0, 0.05) is 19.2 Å². The molecule has 1 saturated heterocycles. The molecule has 1 atom stereocenters. The number of ether oxygens (including phenoxy) is 2. The van der Waals surface area contributed by atoms with Crippen LogP contribution in [0.1, 0.15) is 40.6 Å². The van der Waals surface area contributed by atoms with Crippen LogP contribution in [0.5, 0.6) is 0 Å². The standard InChI is InChI=1S/C19H22N4O4/c1-2-26-19(25)14-7-3-4-8-15(14)23-18(24)16-10-17(22-12-21-16)20-11-13-6-5-9-27-13/h3-4,7-8,10,12-13H,2,5-6,9,11H2,1H3,(H,23,24)(H,20,21,22). The number of carbonyl (C=O) groups excluding carboxylic acids is 2. The normalized spacial score (nSPS) is 16.0. The van der Waals surface area contributed by atoms with Gasteiger partial charge in [0.15, 0.2) is 0 Å². The molecule has 0 bridgehead atoms. The van der Waals surface area contributed by atoms with E-state index in [0.717, 1.165) is 19.4 Å². The van der Waals surface area contributed by atoms with Gasteiger partial charge in [0.2, 0.25) is 0 Å². The molecule has 0 spiro atoms. The van der Waals surface area contributed by atoms with Crippen LogP contribution in [-0.2, 0) is 9.47 Å². The first kappa shape index (κ1) is 18.8. The Kier molecular flexibility index (Phi) is 6.32. The molecule has 142 valence electrons. The van der Waals surface area contributed by atoms with Crippen LogP contribution in [0.2, 0.25) is 0 Å². The molecule has 1 aromatic carbocycles. The van der Waals surface area contributed by atoms with E-state index in [0.29, 0.717) is 23.6 Å².